The minimum absolute atomic E-state index is 0.417. The molecule has 30 heavy (non-hydrogen) atoms. The molecule has 0 aliphatic rings. The van der Waals surface area contributed by atoms with Crippen LogP contribution in [0, 0.1) is 6.92 Å². The zero-order chi connectivity index (χ0) is 20.7. The number of thiazole rings is 1. The maximum Gasteiger partial charge on any atom is 0.345 e. The van der Waals surface area contributed by atoms with Crippen LogP contribution in [0.1, 0.15) is 11.3 Å². The maximum absolute atomic E-state index is 12.4. The molecule has 2 aromatic carbocycles. The predicted molar refractivity (Wildman–Crippen MR) is 126 cm³/mol. The lowest BCUT2D eigenvalue weighted by Gasteiger charge is -2.00. The summed E-state index contributed by atoms with van der Waals surface area (Å²) in [5.74, 6) is 0. The van der Waals surface area contributed by atoms with Crippen molar-refractivity contribution < 1.29 is 4.42 Å². The Morgan fingerprint density at radius 2 is 2.10 bits per heavy atom. The molecule has 0 amide bonds. The quantitative estimate of drug-likeness (QED) is 0.191. The summed E-state index contributed by atoms with van der Waals surface area (Å²) in [5, 5.41) is 8.67. The number of aromatic amines is 1. The fourth-order valence-electron chi connectivity index (χ4n) is 3.34. The minimum atomic E-state index is -0.417. The van der Waals surface area contributed by atoms with Gasteiger partial charge in [0.25, 0.3) is 0 Å². The number of anilines is 1. The molecule has 3 heterocycles. The number of hydrogen-bond acceptors (Lipinski definition) is 6. The van der Waals surface area contributed by atoms with E-state index in [2.05, 4.69) is 42.5 Å². The molecule has 0 saturated carbocycles. The van der Waals surface area contributed by atoms with Gasteiger partial charge in [-0.05, 0) is 37.3 Å². The summed E-state index contributed by atoms with van der Waals surface area (Å²) in [5.41, 5.74) is 7.19. The van der Waals surface area contributed by atoms with Crippen molar-refractivity contribution in [2.24, 2.45) is 5.10 Å². The molecule has 0 radical (unpaired) electrons. The van der Waals surface area contributed by atoms with Crippen molar-refractivity contribution in [3.05, 3.63) is 80.1 Å². The lowest BCUT2D eigenvalue weighted by molar-refractivity contribution is 0.563. The molecule has 0 spiro atoms. The number of H-pyrrole nitrogens is 1. The smallest absolute Gasteiger partial charge is 0.345 e. The average molecular weight is 479 g/mol. The number of aryl methyl sites for hydroxylation is 1. The Balaban J connectivity index is 1.41. The Bertz CT molecular complexity index is 1480. The highest BCUT2D eigenvalue weighted by molar-refractivity contribution is 9.10. The first-order valence-corrected chi connectivity index (χ1v) is 10.8. The zero-order valence-electron chi connectivity index (χ0n) is 15.8. The summed E-state index contributed by atoms with van der Waals surface area (Å²) >= 11 is 4.81. The van der Waals surface area contributed by atoms with Crippen molar-refractivity contribution >= 4 is 60.5 Å². The molecule has 8 heteroatoms. The summed E-state index contributed by atoms with van der Waals surface area (Å²) in [6.45, 7) is 2.01. The van der Waals surface area contributed by atoms with Crippen molar-refractivity contribution in [2.45, 2.75) is 6.92 Å². The third-order valence-electron chi connectivity index (χ3n) is 4.77. The first-order valence-electron chi connectivity index (χ1n) is 9.14. The van der Waals surface area contributed by atoms with E-state index in [9.17, 15) is 4.79 Å². The summed E-state index contributed by atoms with van der Waals surface area (Å²) in [6, 6.07) is 15.4. The second-order valence-electron chi connectivity index (χ2n) is 6.75. The van der Waals surface area contributed by atoms with E-state index >= 15 is 0 Å². The first-order chi connectivity index (χ1) is 14.6. The number of benzene rings is 2. The highest BCUT2D eigenvalue weighted by Crippen LogP contribution is 2.27. The largest absolute Gasteiger partial charge is 0.422 e. The maximum atomic E-state index is 12.4. The van der Waals surface area contributed by atoms with Crippen molar-refractivity contribution in [3.63, 3.8) is 0 Å². The molecule has 0 unspecified atom stereocenters. The predicted octanol–water partition coefficient (Wildman–Crippen LogP) is 5.91. The van der Waals surface area contributed by atoms with E-state index < -0.39 is 5.63 Å². The van der Waals surface area contributed by atoms with Gasteiger partial charge < -0.3 is 9.40 Å². The number of nitrogens with one attached hydrogen (secondary N) is 2. The van der Waals surface area contributed by atoms with Gasteiger partial charge in [-0.2, -0.15) is 5.10 Å². The number of rotatable bonds is 4. The molecule has 0 saturated heterocycles. The molecule has 0 atom stereocenters. The molecule has 0 aliphatic carbocycles. The van der Waals surface area contributed by atoms with E-state index in [1.54, 1.807) is 18.3 Å². The monoisotopic (exact) mass is 478 g/mol. The molecule has 148 valence electrons. The van der Waals surface area contributed by atoms with Crippen LogP contribution >= 0.6 is 27.3 Å². The van der Waals surface area contributed by atoms with Crippen molar-refractivity contribution in [3.8, 4) is 11.3 Å². The lowest BCUT2D eigenvalue weighted by Crippen LogP contribution is -2.03. The number of fused-ring (bicyclic) bond motifs is 2. The zero-order valence-corrected chi connectivity index (χ0v) is 18.2. The Labute approximate surface area is 183 Å². The summed E-state index contributed by atoms with van der Waals surface area (Å²) in [4.78, 5) is 20.2. The number of aromatic nitrogens is 2. The normalized spacial score (nSPS) is 11.7. The van der Waals surface area contributed by atoms with Crippen LogP contribution in [-0.4, -0.2) is 16.2 Å². The highest BCUT2D eigenvalue weighted by atomic mass is 79.9. The Kier molecular flexibility index (Phi) is 4.72. The Morgan fingerprint density at radius 3 is 3.00 bits per heavy atom. The Hall–Kier alpha value is -3.23. The van der Waals surface area contributed by atoms with Crippen LogP contribution in [0.25, 0.3) is 33.1 Å². The lowest BCUT2D eigenvalue weighted by atomic mass is 10.1. The van der Waals surface area contributed by atoms with Gasteiger partial charge in [0.15, 0.2) is 0 Å². The third kappa shape index (κ3) is 3.44. The molecule has 0 bridgehead atoms. The minimum Gasteiger partial charge on any atom is -0.422 e. The molecule has 5 aromatic rings. The number of nitrogens with zero attached hydrogens (tertiary/aromatic N) is 2. The molecule has 2 N–H and O–H groups in total. The second kappa shape index (κ2) is 7.55. The topological polar surface area (TPSA) is 83.3 Å². The standard InChI is InChI=1S/C22H15BrN4O2S/c1-12-17(15-4-2-3-5-18(15)25-12)10-24-27-22-26-19(11-30-22)16-9-13-8-14(23)6-7-20(13)29-21(16)28/h2-11,25H,1H3,(H,26,27)/b24-10+. The number of halogens is 1. The fourth-order valence-corrected chi connectivity index (χ4v) is 4.38. The fraction of sp³-hybridized carbons (Fsp3) is 0.0455. The molecule has 0 fully saturated rings. The van der Waals surface area contributed by atoms with Gasteiger partial charge in [-0.3, -0.25) is 5.43 Å². The average Bonchev–Trinajstić information content (AvgIpc) is 3.32. The van der Waals surface area contributed by atoms with Gasteiger partial charge in [-0.1, -0.05) is 34.1 Å². The van der Waals surface area contributed by atoms with Gasteiger partial charge >= 0.3 is 5.63 Å². The summed E-state index contributed by atoms with van der Waals surface area (Å²) in [6.07, 6.45) is 1.77. The highest BCUT2D eigenvalue weighted by Gasteiger charge is 2.12. The molecule has 3 aromatic heterocycles. The van der Waals surface area contributed by atoms with Crippen molar-refractivity contribution in [2.75, 3.05) is 5.43 Å². The van der Waals surface area contributed by atoms with Crippen LogP contribution in [-0.2, 0) is 0 Å². The van der Waals surface area contributed by atoms with Crippen LogP contribution < -0.4 is 11.1 Å². The third-order valence-corrected chi connectivity index (χ3v) is 6.01. The molecule has 0 aliphatic heterocycles. The van der Waals surface area contributed by atoms with Gasteiger partial charge in [0.05, 0.1) is 17.5 Å². The van der Waals surface area contributed by atoms with Gasteiger partial charge in [0, 0.05) is 37.4 Å². The molecular formula is C22H15BrN4O2S. The number of hydrazone groups is 1. The van der Waals surface area contributed by atoms with E-state index in [1.165, 1.54) is 11.3 Å². The molecule has 6 nitrogen and oxygen atoms in total. The van der Waals surface area contributed by atoms with E-state index in [1.807, 2.05) is 42.6 Å². The van der Waals surface area contributed by atoms with Gasteiger partial charge in [-0.25, -0.2) is 9.78 Å². The van der Waals surface area contributed by atoms with E-state index in [0.717, 1.165) is 32.0 Å². The van der Waals surface area contributed by atoms with Gasteiger partial charge in [-0.15, -0.1) is 11.3 Å². The van der Waals surface area contributed by atoms with Crippen molar-refractivity contribution in [1.82, 2.24) is 9.97 Å². The summed E-state index contributed by atoms with van der Waals surface area (Å²) < 4.78 is 6.34. The molecular weight excluding hydrogens is 464 g/mol. The van der Waals surface area contributed by atoms with Crippen LogP contribution in [0.5, 0.6) is 0 Å². The van der Waals surface area contributed by atoms with E-state index in [4.69, 9.17) is 4.42 Å². The first kappa shape index (κ1) is 18.8. The van der Waals surface area contributed by atoms with Gasteiger partial charge in [0.2, 0.25) is 5.13 Å². The SMILES string of the molecule is Cc1[nH]c2ccccc2c1/C=N/Nc1nc(-c2cc3cc(Br)ccc3oc2=O)cs1. The van der Waals surface area contributed by atoms with E-state index in [-0.39, 0.29) is 0 Å². The van der Waals surface area contributed by atoms with E-state index in [0.29, 0.717) is 22.0 Å². The van der Waals surface area contributed by atoms with Gasteiger partial charge in [0.1, 0.15) is 5.58 Å². The Morgan fingerprint density at radius 1 is 1.23 bits per heavy atom. The summed E-state index contributed by atoms with van der Waals surface area (Å²) in [7, 11) is 0. The van der Waals surface area contributed by atoms with Crippen LogP contribution in [0.4, 0.5) is 5.13 Å². The van der Waals surface area contributed by atoms with Crippen molar-refractivity contribution in [1.29, 1.82) is 0 Å². The van der Waals surface area contributed by atoms with Crippen LogP contribution in [0.2, 0.25) is 0 Å². The second-order valence-corrected chi connectivity index (χ2v) is 8.52. The van der Waals surface area contributed by atoms with Crippen LogP contribution in [0.3, 0.4) is 0 Å². The number of para-hydroxylation sites is 1. The number of hydrogen-bond donors (Lipinski definition) is 2. The van der Waals surface area contributed by atoms with Crippen LogP contribution in [0.15, 0.2) is 72.7 Å². The molecule has 5 rings (SSSR count).